The fraction of sp³-hybridized carbons (Fsp3) is 0.100. The minimum Gasteiger partial charge on any atom is -0.497 e. The Kier molecular flexibility index (Phi) is 4.95. The van der Waals surface area contributed by atoms with Gasteiger partial charge < -0.3 is 9.72 Å². The molecule has 4 nitrogen and oxygen atoms in total. The van der Waals surface area contributed by atoms with Gasteiger partial charge in [-0.2, -0.15) is 0 Å². The standard InChI is InChI=1S/C20H17NO3S/c1-13-5-3-4-6-15(13)11-18-20(23)21-19(25-18)12-17(22)14-7-9-16(24-2)10-8-14/h3-12H,1-2H3,(H,21,23). The number of benzene rings is 2. The number of carbonyl (C=O) groups is 1. The Hall–Kier alpha value is -2.92. The molecule has 1 N–H and O–H groups in total. The SMILES string of the molecule is COc1ccc(C(=O)C=c2[nH]c(=O)c(=Cc3ccccc3C)s2)cc1. The first kappa shape index (κ1) is 16.9. The van der Waals surface area contributed by atoms with Crippen LogP contribution >= 0.6 is 11.3 Å². The highest BCUT2D eigenvalue weighted by atomic mass is 32.1. The van der Waals surface area contributed by atoms with Gasteiger partial charge in [0, 0.05) is 11.6 Å². The molecule has 0 bridgehead atoms. The first-order valence-electron chi connectivity index (χ1n) is 7.73. The number of H-pyrrole nitrogens is 1. The highest BCUT2D eigenvalue weighted by Gasteiger charge is 2.04. The van der Waals surface area contributed by atoms with E-state index in [9.17, 15) is 9.59 Å². The Morgan fingerprint density at radius 1 is 1.12 bits per heavy atom. The number of aromatic amines is 1. The first-order chi connectivity index (χ1) is 12.1. The predicted molar refractivity (Wildman–Crippen MR) is 101 cm³/mol. The van der Waals surface area contributed by atoms with Crippen LogP contribution in [0.4, 0.5) is 0 Å². The molecular weight excluding hydrogens is 334 g/mol. The van der Waals surface area contributed by atoms with Crippen LogP contribution in [0.3, 0.4) is 0 Å². The number of hydrogen-bond acceptors (Lipinski definition) is 4. The summed E-state index contributed by atoms with van der Waals surface area (Å²) in [5.41, 5.74) is 2.43. The number of hydrogen-bond donors (Lipinski definition) is 1. The highest BCUT2D eigenvalue weighted by molar-refractivity contribution is 7.07. The number of ketones is 1. The Bertz CT molecular complexity index is 1080. The zero-order chi connectivity index (χ0) is 17.8. The van der Waals surface area contributed by atoms with Gasteiger partial charge in [0.15, 0.2) is 5.78 Å². The van der Waals surface area contributed by atoms with Gasteiger partial charge in [-0.15, -0.1) is 11.3 Å². The number of nitrogens with one attached hydrogen (secondary N) is 1. The van der Waals surface area contributed by atoms with Gasteiger partial charge >= 0.3 is 0 Å². The van der Waals surface area contributed by atoms with E-state index >= 15 is 0 Å². The van der Waals surface area contributed by atoms with Crippen molar-refractivity contribution in [3.63, 3.8) is 0 Å². The molecule has 0 aliphatic rings. The van der Waals surface area contributed by atoms with E-state index in [1.807, 2.05) is 37.3 Å². The monoisotopic (exact) mass is 351 g/mol. The molecule has 25 heavy (non-hydrogen) atoms. The van der Waals surface area contributed by atoms with Gasteiger partial charge in [-0.1, -0.05) is 24.3 Å². The summed E-state index contributed by atoms with van der Waals surface area (Å²) in [5, 5.41) is 0. The van der Waals surface area contributed by atoms with Crippen LogP contribution in [0.5, 0.6) is 5.75 Å². The average molecular weight is 351 g/mol. The van der Waals surface area contributed by atoms with Crippen LogP contribution < -0.4 is 19.5 Å². The fourth-order valence-electron chi connectivity index (χ4n) is 2.37. The molecule has 0 aliphatic heterocycles. The van der Waals surface area contributed by atoms with Crippen molar-refractivity contribution >= 4 is 29.3 Å². The van der Waals surface area contributed by atoms with E-state index in [0.29, 0.717) is 20.5 Å². The third-order valence-electron chi connectivity index (χ3n) is 3.79. The second kappa shape index (κ2) is 7.32. The minimum absolute atomic E-state index is 0.164. The second-order valence-electron chi connectivity index (χ2n) is 5.52. The molecule has 0 fully saturated rings. The van der Waals surface area contributed by atoms with Gasteiger partial charge in [0.05, 0.1) is 16.3 Å². The number of thiazole rings is 1. The molecule has 0 saturated carbocycles. The lowest BCUT2D eigenvalue weighted by Gasteiger charge is -1.99. The zero-order valence-corrected chi connectivity index (χ0v) is 14.7. The number of ether oxygens (including phenoxy) is 1. The lowest BCUT2D eigenvalue weighted by atomic mass is 10.1. The molecular formula is C20H17NO3S. The van der Waals surface area contributed by atoms with Crippen molar-refractivity contribution in [3.05, 3.63) is 84.8 Å². The average Bonchev–Trinajstić information content (AvgIpc) is 2.96. The largest absolute Gasteiger partial charge is 0.497 e. The van der Waals surface area contributed by atoms with E-state index < -0.39 is 0 Å². The summed E-state index contributed by atoms with van der Waals surface area (Å²) in [6.45, 7) is 1.99. The Labute approximate surface area is 148 Å². The number of carbonyl (C=O) groups excluding carboxylic acids is 1. The molecule has 0 spiro atoms. The summed E-state index contributed by atoms with van der Waals surface area (Å²) in [7, 11) is 1.58. The number of methoxy groups -OCH3 is 1. The first-order valence-corrected chi connectivity index (χ1v) is 8.55. The number of rotatable bonds is 4. The Morgan fingerprint density at radius 2 is 1.84 bits per heavy atom. The van der Waals surface area contributed by atoms with Crippen LogP contribution in [-0.4, -0.2) is 17.9 Å². The molecule has 0 atom stereocenters. The van der Waals surface area contributed by atoms with Crippen molar-refractivity contribution in [2.24, 2.45) is 0 Å². The Balaban J connectivity index is 1.96. The van der Waals surface area contributed by atoms with Crippen molar-refractivity contribution < 1.29 is 9.53 Å². The molecule has 2 aromatic carbocycles. The normalized spacial score (nSPS) is 12.4. The number of aryl methyl sites for hydroxylation is 1. The maximum Gasteiger partial charge on any atom is 0.266 e. The Morgan fingerprint density at radius 3 is 2.52 bits per heavy atom. The topological polar surface area (TPSA) is 59.2 Å². The van der Waals surface area contributed by atoms with Crippen LogP contribution in [0, 0.1) is 6.92 Å². The van der Waals surface area contributed by atoms with E-state index in [1.54, 1.807) is 31.4 Å². The second-order valence-corrected chi connectivity index (χ2v) is 6.61. The molecule has 1 aromatic heterocycles. The molecule has 126 valence electrons. The molecule has 0 unspecified atom stereocenters. The van der Waals surface area contributed by atoms with Crippen LogP contribution in [0.25, 0.3) is 12.2 Å². The van der Waals surface area contributed by atoms with Gasteiger partial charge in [-0.05, 0) is 48.4 Å². The van der Waals surface area contributed by atoms with E-state index in [0.717, 1.165) is 11.1 Å². The molecule has 0 radical (unpaired) electrons. The maximum atomic E-state index is 12.3. The van der Waals surface area contributed by atoms with Crippen molar-refractivity contribution in [1.29, 1.82) is 0 Å². The van der Waals surface area contributed by atoms with Gasteiger partial charge in [-0.25, -0.2) is 0 Å². The van der Waals surface area contributed by atoms with Crippen LogP contribution in [0.2, 0.25) is 0 Å². The summed E-state index contributed by atoms with van der Waals surface area (Å²) in [5.74, 6) is 0.527. The van der Waals surface area contributed by atoms with Gasteiger partial charge in [0.25, 0.3) is 5.56 Å². The van der Waals surface area contributed by atoms with E-state index in [2.05, 4.69) is 4.98 Å². The van der Waals surface area contributed by atoms with Crippen LogP contribution in [0.1, 0.15) is 21.5 Å². The maximum absolute atomic E-state index is 12.3. The quantitative estimate of drug-likeness (QED) is 0.734. The summed E-state index contributed by atoms with van der Waals surface area (Å²) in [4.78, 5) is 27.2. The van der Waals surface area contributed by atoms with Gasteiger partial charge in [0.1, 0.15) is 5.75 Å². The molecule has 0 amide bonds. The molecule has 0 saturated heterocycles. The van der Waals surface area contributed by atoms with Crippen molar-refractivity contribution in [2.75, 3.05) is 7.11 Å². The lowest BCUT2D eigenvalue weighted by Crippen LogP contribution is -2.20. The predicted octanol–water partition coefficient (Wildman–Crippen LogP) is 2.25. The van der Waals surface area contributed by atoms with Crippen LogP contribution in [-0.2, 0) is 0 Å². The van der Waals surface area contributed by atoms with Crippen LogP contribution in [0.15, 0.2) is 53.3 Å². The third kappa shape index (κ3) is 3.95. The lowest BCUT2D eigenvalue weighted by molar-refractivity contribution is 0.106. The molecule has 0 aliphatic carbocycles. The van der Waals surface area contributed by atoms with Gasteiger partial charge in [-0.3, -0.25) is 9.59 Å². The minimum atomic E-state index is -0.193. The molecule has 1 heterocycles. The van der Waals surface area contributed by atoms with E-state index in [4.69, 9.17) is 4.74 Å². The summed E-state index contributed by atoms with van der Waals surface area (Å²) in [6.07, 6.45) is 3.29. The van der Waals surface area contributed by atoms with Crippen molar-refractivity contribution in [1.82, 2.24) is 4.98 Å². The highest BCUT2D eigenvalue weighted by Crippen LogP contribution is 2.12. The molecule has 5 heteroatoms. The van der Waals surface area contributed by atoms with Gasteiger partial charge in [0.2, 0.25) is 0 Å². The fourth-order valence-corrected chi connectivity index (χ4v) is 3.25. The van der Waals surface area contributed by atoms with Crippen molar-refractivity contribution in [3.8, 4) is 5.75 Å². The van der Waals surface area contributed by atoms with E-state index in [-0.39, 0.29) is 11.3 Å². The smallest absolute Gasteiger partial charge is 0.266 e. The number of aromatic nitrogens is 1. The van der Waals surface area contributed by atoms with E-state index in [1.165, 1.54) is 17.4 Å². The third-order valence-corrected chi connectivity index (χ3v) is 4.76. The summed E-state index contributed by atoms with van der Waals surface area (Å²) < 4.78 is 6.19. The zero-order valence-electron chi connectivity index (χ0n) is 13.9. The molecule has 3 rings (SSSR count). The number of Topliss-reactive ketones (excluding diaryl/α,β-unsaturated/α-hetero) is 1. The summed E-state index contributed by atoms with van der Waals surface area (Å²) >= 11 is 1.27. The summed E-state index contributed by atoms with van der Waals surface area (Å²) in [6, 6.07) is 14.7. The van der Waals surface area contributed by atoms with Crippen molar-refractivity contribution in [2.45, 2.75) is 6.92 Å². The molecule has 3 aromatic rings.